The first kappa shape index (κ1) is 8.84. The third-order valence-electron chi connectivity index (χ3n) is 0. The highest BCUT2D eigenvalue weighted by atomic mass is 28.2. The van der Waals surface area contributed by atoms with Crippen molar-refractivity contribution >= 4 is 35.7 Å². The van der Waals surface area contributed by atoms with Crippen molar-refractivity contribution in [1.29, 1.82) is 0 Å². The average Bonchev–Trinajstić information content (AvgIpc) is 0.918. The van der Waals surface area contributed by atoms with E-state index in [0.29, 0.717) is 0 Å². The van der Waals surface area contributed by atoms with Gasteiger partial charge in [0.2, 0.25) is 0 Å². The summed E-state index contributed by atoms with van der Waals surface area (Å²) in [7, 11) is 5.56. The molecule has 0 heterocycles. The van der Waals surface area contributed by atoms with E-state index in [1.165, 1.54) is 0 Å². The predicted octanol–water partition coefficient (Wildman–Crippen LogP) is -3.24. The van der Waals surface area contributed by atoms with Crippen LogP contribution in [-0.4, -0.2) is 35.7 Å². The second kappa shape index (κ2) is 9.23. The van der Waals surface area contributed by atoms with Crippen LogP contribution >= 0.6 is 0 Å². The van der Waals surface area contributed by atoms with Crippen LogP contribution < -0.4 is 4.89 Å². The Bertz CT molecular complexity index is 8.00. The Balaban J connectivity index is 0. The van der Waals surface area contributed by atoms with E-state index in [4.69, 9.17) is 0 Å². The fraction of sp³-hybridized carbons (Fsp3) is 0. The van der Waals surface area contributed by atoms with Crippen LogP contribution in [0.4, 0.5) is 0 Å². The van der Waals surface area contributed by atoms with Gasteiger partial charge in [-0.15, -0.1) is 0 Å². The van der Waals surface area contributed by atoms with Gasteiger partial charge in [0.1, 0.15) is 0 Å². The molecular formula is H7AlBNSi. The molecular weight excluding hydrogens is 79.9 g/mol. The van der Waals surface area contributed by atoms with Gasteiger partial charge in [-0.1, -0.05) is 0 Å². The summed E-state index contributed by atoms with van der Waals surface area (Å²) in [6.45, 7) is 0. The van der Waals surface area contributed by atoms with Gasteiger partial charge in [-0.2, -0.15) is 0 Å². The number of nitrogens with one attached hydrogen (secondary N) is 1. The fourth-order valence-electron chi connectivity index (χ4n) is 0. The molecule has 0 bridgehead atoms. The Hall–Kier alpha value is 0.774. The lowest BCUT2D eigenvalue weighted by Crippen LogP contribution is -1.97. The molecule has 0 unspecified atom stereocenters. The molecule has 0 aliphatic rings. The maximum atomic E-state index is 4.66. The summed E-state index contributed by atoms with van der Waals surface area (Å²) in [5, 5.41) is 0. The Morgan fingerprint density at radius 1 is 1.75 bits per heavy atom. The molecule has 0 aromatic heterocycles. The lowest BCUT2D eigenvalue weighted by Gasteiger charge is -1.58. The molecule has 1 N–H and O–H groups in total. The SMILES string of the molecule is [AlH3].[B]N[SiH3]. The molecule has 0 amide bonds. The molecule has 0 atom stereocenters. The summed E-state index contributed by atoms with van der Waals surface area (Å²) in [6.07, 6.45) is 0. The van der Waals surface area contributed by atoms with Crippen molar-refractivity contribution < 1.29 is 0 Å². The molecule has 0 aromatic rings. The van der Waals surface area contributed by atoms with Gasteiger partial charge in [0.15, 0.2) is 25.3 Å². The van der Waals surface area contributed by atoms with Crippen molar-refractivity contribution in [2.24, 2.45) is 0 Å². The maximum Gasteiger partial charge on any atom is 0.187 e. The molecule has 4 heteroatoms. The van der Waals surface area contributed by atoms with Crippen LogP contribution in [0.5, 0.6) is 0 Å². The Kier molecular flexibility index (Phi) is 20.4. The highest BCUT2D eigenvalue weighted by molar-refractivity contribution is 6.25. The highest BCUT2D eigenvalue weighted by Gasteiger charge is 1.30. The average molecular weight is 86.9 g/mol. The van der Waals surface area contributed by atoms with E-state index in [1.54, 1.807) is 0 Å². The number of hydrogen-bond donors (Lipinski definition) is 1. The van der Waals surface area contributed by atoms with Gasteiger partial charge in [0.25, 0.3) is 0 Å². The minimum Gasteiger partial charge on any atom is -0.396 e. The maximum absolute atomic E-state index is 4.66. The van der Waals surface area contributed by atoms with Gasteiger partial charge < -0.3 is 4.89 Å². The lowest BCUT2D eigenvalue weighted by atomic mass is 10.5. The van der Waals surface area contributed by atoms with Crippen molar-refractivity contribution in [3.8, 4) is 0 Å². The van der Waals surface area contributed by atoms with Crippen LogP contribution in [-0.2, 0) is 0 Å². The van der Waals surface area contributed by atoms with E-state index in [1.807, 2.05) is 0 Å². The van der Waals surface area contributed by atoms with Crippen molar-refractivity contribution in [3.63, 3.8) is 0 Å². The summed E-state index contributed by atoms with van der Waals surface area (Å²) < 4.78 is 0. The van der Waals surface area contributed by atoms with E-state index >= 15 is 0 Å². The topological polar surface area (TPSA) is 12.0 Å². The van der Waals surface area contributed by atoms with E-state index in [9.17, 15) is 0 Å². The number of rotatable bonds is 0. The monoisotopic (exact) mass is 87.0 g/mol. The predicted molar refractivity (Wildman–Crippen MR) is 28.8 cm³/mol. The van der Waals surface area contributed by atoms with Crippen molar-refractivity contribution in [1.82, 2.24) is 4.89 Å². The molecule has 2 radical (unpaired) electrons. The van der Waals surface area contributed by atoms with Crippen molar-refractivity contribution in [2.45, 2.75) is 0 Å². The van der Waals surface area contributed by atoms with E-state index in [-0.39, 0.29) is 17.4 Å². The largest absolute Gasteiger partial charge is 0.396 e. The van der Waals surface area contributed by atoms with Crippen LogP contribution in [0.3, 0.4) is 0 Å². The Morgan fingerprint density at radius 2 is 1.75 bits per heavy atom. The molecule has 1 nitrogen and oxygen atoms in total. The van der Waals surface area contributed by atoms with Crippen LogP contribution in [0.15, 0.2) is 0 Å². The summed E-state index contributed by atoms with van der Waals surface area (Å²) in [5.41, 5.74) is 0. The first-order chi connectivity index (χ1) is 1.41. The van der Waals surface area contributed by atoms with Crippen LogP contribution in [0.25, 0.3) is 0 Å². The molecule has 0 spiro atoms. The molecule has 0 aliphatic heterocycles. The summed E-state index contributed by atoms with van der Waals surface area (Å²) >= 11 is 0. The second-order valence-corrected chi connectivity index (χ2v) is 0.866. The third-order valence-corrected chi connectivity index (χ3v) is 0. The zero-order chi connectivity index (χ0) is 2.71. The van der Waals surface area contributed by atoms with Crippen LogP contribution in [0.2, 0.25) is 0 Å². The number of hydrogen-bond acceptors (Lipinski definition) is 1. The first-order valence-corrected chi connectivity index (χ1v) is 1.79. The van der Waals surface area contributed by atoms with Crippen molar-refractivity contribution in [3.05, 3.63) is 0 Å². The smallest absolute Gasteiger partial charge is 0.187 e. The molecule has 4 heavy (non-hydrogen) atoms. The van der Waals surface area contributed by atoms with Gasteiger partial charge >= 0.3 is 0 Å². The van der Waals surface area contributed by atoms with Gasteiger partial charge in [0, 0.05) is 0 Å². The second-order valence-electron chi connectivity index (χ2n) is 0.289. The molecule has 22 valence electrons. The minimum absolute atomic E-state index is 0. The fourth-order valence-corrected chi connectivity index (χ4v) is 0. The lowest BCUT2D eigenvalue weighted by molar-refractivity contribution is 1.68. The van der Waals surface area contributed by atoms with Gasteiger partial charge in [-0.05, 0) is 0 Å². The summed E-state index contributed by atoms with van der Waals surface area (Å²) in [6, 6.07) is 0. The summed E-state index contributed by atoms with van der Waals surface area (Å²) in [4.78, 5) is 2.39. The van der Waals surface area contributed by atoms with Crippen LogP contribution in [0, 0.1) is 0 Å². The quantitative estimate of drug-likeness (QED) is 0.306. The normalized spacial score (nSPS) is 5.00. The van der Waals surface area contributed by atoms with Crippen LogP contribution in [0.1, 0.15) is 0 Å². The van der Waals surface area contributed by atoms with E-state index in [0.717, 1.165) is 10.4 Å². The molecule has 0 saturated carbocycles. The van der Waals surface area contributed by atoms with E-state index in [2.05, 4.69) is 12.9 Å². The Labute approximate surface area is 41.2 Å². The Morgan fingerprint density at radius 3 is 1.75 bits per heavy atom. The first-order valence-electron chi connectivity index (χ1n) is 0.789. The third kappa shape index (κ3) is 14.6. The highest BCUT2D eigenvalue weighted by Crippen LogP contribution is 0.879. The molecule has 0 aromatic carbocycles. The molecule has 0 fully saturated rings. The minimum atomic E-state index is 0. The zero-order valence-electron chi connectivity index (χ0n) is 2.08. The summed E-state index contributed by atoms with van der Waals surface area (Å²) in [5.74, 6) is 0. The van der Waals surface area contributed by atoms with Gasteiger partial charge in [0.05, 0.1) is 10.4 Å². The molecule has 0 saturated heterocycles. The molecule has 0 aliphatic carbocycles. The van der Waals surface area contributed by atoms with E-state index < -0.39 is 0 Å². The molecule has 0 rings (SSSR count). The standard InChI is InChI=1S/Al.BH4NSi.3H/c;1-2-3;;;/h;2H,3H3;;;. The van der Waals surface area contributed by atoms with Crippen molar-refractivity contribution in [2.75, 3.05) is 0 Å². The zero-order valence-corrected chi connectivity index (χ0v) is 4.08. The van der Waals surface area contributed by atoms with Gasteiger partial charge in [-0.3, -0.25) is 0 Å². The van der Waals surface area contributed by atoms with Gasteiger partial charge in [-0.25, -0.2) is 0 Å².